The van der Waals surface area contributed by atoms with E-state index in [1.54, 1.807) is 20.3 Å². The molecule has 1 atom stereocenters. The molecule has 2 aliphatic rings. The summed E-state index contributed by atoms with van der Waals surface area (Å²) in [7, 11) is 3.12. The summed E-state index contributed by atoms with van der Waals surface area (Å²) in [4.78, 5) is 0. The van der Waals surface area contributed by atoms with Crippen LogP contribution in [0.2, 0.25) is 0 Å². The van der Waals surface area contributed by atoms with Crippen LogP contribution < -0.4 is 29.4 Å². The maximum atomic E-state index is 9.76. The molecule has 2 aliphatic heterocycles. The second kappa shape index (κ2) is 7.17. The van der Waals surface area contributed by atoms with Crippen molar-refractivity contribution in [3.05, 3.63) is 51.3 Å². The van der Waals surface area contributed by atoms with Crippen molar-refractivity contribution in [3.63, 3.8) is 0 Å². The Morgan fingerprint density at radius 1 is 1.07 bits per heavy atom. The van der Waals surface area contributed by atoms with Crippen molar-refractivity contribution < 1.29 is 23.7 Å². The highest BCUT2D eigenvalue weighted by Gasteiger charge is 2.33. The number of ether oxygens (including phenoxy) is 5. The highest BCUT2D eigenvalue weighted by molar-refractivity contribution is 9.10. The summed E-state index contributed by atoms with van der Waals surface area (Å²) in [5.74, 6) is 2.42. The fourth-order valence-electron chi connectivity index (χ4n) is 3.44. The van der Waals surface area contributed by atoms with Gasteiger partial charge in [0, 0.05) is 11.6 Å². The number of nitriles is 1. The molecule has 0 aliphatic carbocycles. The van der Waals surface area contributed by atoms with Crippen LogP contribution in [0.1, 0.15) is 17.0 Å². The number of hydrogen-bond donors (Lipinski definition) is 1. The highest BCUT2D eigenvalue weighted by Crippen LogP contribution is 2.49. The summed E-state index contributed by atoms with van der Waals surface area (Å²) in [5, 5.41) is 9.76. The minimum absolute atomic E-state index is 0.0579. The number of halogens is 1. The molecule has 0 saturated heterocycles. The number of nitrogens with zero attached hydrogens (tertiary/aromatic N) is 1. The molecule has 4 rings (SSSR count). The molecule has 0 aromatic heterocycles. The lowest BCUT2D eigenvalue weighted by molar-refractivity contribution is 0.170. The van der Waals surface area contributed by atoms with E-state index in [1.165, 1.54) is 0 Å². The molecule has 28 heavy (non-hydrogen) atoms. The third-order valence-electron chi connectivity index (χ3n) is 4.67. The smallest absolute Gasteiger partial charge is 0.205 e. The molecule has 0 spiro atoms. The van der Waals surface area contributed by atoms with Gasteiger partial charge in [-0.25, -0.2) is 0 Å². The quantitative estimate of drug-likeness (QED) is 0.773. The fraction of sp³-hybridized carbons (Fsp3) is 0.250. The Hall–Kier alpha value is -3.05. The van der Waals surface area contributed by atoms with Crippen molar-refractivity contribution in [3.8, 4) is 34.8 Å². The van der Waals surface area contributed by atoms with Gasteiger partial charge in [0.05, 0.1) is 24.6 Å². The number of fused-ring (bicyclic) bond motifs is 2. The molecule has 0 radical (unpaired) electrons. The lowest BCUT2D eigenvalue weighted by Crippen LogP contribution is -2.22. The first kappa shape index (κ1) is 18.3. The van der Waals surface area contributed by atoms with Crippen LogP contribution in [0, 0.1) is 11.3 Å². The van der Waals surface area contributed by atoms with Crippen LogP contribution in [-0.4, -0.2) is 27.4 Å². The van der Waals surface area contributed by atoms with Crippen molar-refractivity contribution in [2.75, 3.05) is 27.4 Å². The van der Waals surface area contributed by atoms with Crippen LogP contribution in [0.4, 0.5) is 0 Å². The van der Waals surface area contributed by atoms with E-state index in [0.717, 1.165) is 11.1 Å². The van der Waals surface area contributed by atoms with E-state index in [9.17, 15) is 5.26 Å². The van der Waals surface area contributed by atoms with Crippen LogP contribution in [0.15, 0.2) is 40.2 Å². The SMILES string of the molecule is COc1cc(C2C(C#N)=C(N)Oc3cc4c(cc32)OCCO4)cc(Br)c1OC. The zero-order valence-corrected chi connectivity index (χ0v) is 16.8. The summed E-state index contributed by atoms with van der Waals surface area (Å²) >= 11 is 3.51. The van der Waals surface area contributed by atoms with Gasteiger partial charge in [-0.2, -0.15) is 5.26 Å². The molecule has 0 bridgehead atoms. The maximum Gasteiger partial charge on any atom is 0.205 e. The van der Waals surface area contributed by atoms with E-state index in [1.807, 2.05) is 18.2 Å². The number of allylic oxidation sites excluding steroid dienone is 1. The predicted molar refractivity (Wildman–Crippen MR) is 104 cm³/mol. The molecular formula is C20H17BrN2O5. The number of rotatable bonds is 3. The Labute approximate surface area is 170 Å². The fourth-order valence-corrected chi connectivity index (χ4v) is 4.06. The van der Waals surface area contributed by atoms with Gasteiger partial charge in [0.1, 0.15) is 30.6 Å². The summed E-state index contributed by atoms with van der Waals surface area (Å²) < 4.78 is 28.6. The van der Waals surface area contributed by atoms with Crippen LogP contribution in [0.25, 0.3) is 0 Å². The molecule has 0 amide bonds. The number of methoxy groups -OCH3 is 2. The van der Waals surface area contributed by atoms with Crippen molar-refractivity contribution >= 4 is 15.9 Å². The zero-order chi connectivity index (χ0) is 19.8. The summed E-state index contributed by atoms with van der Waals surface area (Å²) in [5.41, 5.74) is 7.93. The molecule has 0 fully saturated rings. The van der Waals surface area contributed by atoms with Gasteiger partial charge in [-0.05, 0) is 39.7 Å². The normalized spacial score (nSPS) is 17.3. The molecule has 0 saturated carbocycles. The minimum atomic E-state index is -0.458. The van der Waals surface area contributed by atoms with Gasteiger partial charge >= 0.3 is 0 Å². The molecule has 2 N–H and O–H groups in total. The van der Waals surface area contributed by atoms with E-state index in [0.29, 0.717) is 52.0 Å². The van der Waals surface area contributed by atoms with Crippen LogP contribution >= 0.6 is 15.9 Å². The first-order valence-electron chi connectivity index (χ1n) is 8.50. The van der Waals surface area contributed by atoms with E-state index < -0.39 is 5.92 Å². The second-order valence-corrected chi connectivity index (χ2v) is 7.05. The Balaban J connectivity index is 1.93. The molecule has 2 aromatic rings. The number of nitrogens with two attached hydrogens (primary N) is 1. The van der Waals surface area contributed by atoms with Gasteiger partial charge in [-0.3, -0.25) is 0 Å². The largest absolute Gasteiger partial charge is 0.493 e. The Morgan fingerprint density at radius 3 is 2.43 bits per heavy atom. The van der Waals surface area contributed by atoms with Crippen molar-refractivity contribution in [1.82, 2.24) is 0 Å². The lowest BCUT2D eigenvalue weighted by atomic mass is 9.83. The summed E-state index contributed by atoms with van der Waals surface area (Å²) in [6, 6.07) is 9.46. The highest BCUT2D eigenvalue weighted by atomic mass is 79.9. The molecule has 1 unspecified atom stereocenters. The van der Waals surface area contributed by atoms with Gasteiger partial charge < -0.3 is 29.4 Å². The first-order chi connectivity index (χ1) is 13.6. The van der Waals surface area contributed by atoms with Gasteiger partial charge in [0.25, 0.3) is 0 Å². The van der Waals surface area contributed by atoms with Crippen molar-refractivity contribution in [1.29, 1.82) is 5.26 Å². The molecule has 7 nitrogen and oxygen atoms in total. The van der Waals surface area contributed by atoms with Crippen LogP contribution in [0.3, 0.4) is 0 Å². The molecule has 144 valence electrons. The molecule has 2 heterocycles. The molecule has 2 aromatic carbocycles. The average Bonchev–Trinajstić information content (AvgIpc) is 2.70. The Morgan fingerprint density at radius 2 is 1.79 bits per heavy atom. The van der Waals surface area contributed by atoms with E-state index in [4.69, 9.17) is 29.4 Å². The topological polar surface area (TPSA) is 96.0 Å². The Kier molecular flexibility index (Phi) is 4.69. The van der Waals surface area contributed by atoms with Crippen molar-refractivity contribution in [2.45, 2.75) is 5.92 Å². The number of hydrogen-bond acceptors (Lipinski definition) is 7. The third-order valence-corrected chi connectivity index (χ3v) is 5.26. The summed E-state index contributed by atoms with van der Waals surface area (Å²) in [6.07, 6.45) is 0. The maximum absolute atomic E-state index is 9.76. The van der Waals surface area contributed by atoms with E-state index >= 15 is 0 Å². The standard InChI is InChI=1S/C20H17BrN2O5/c1-24-17-6-10(5-13(21)19(17)25-2)18-11-7-15-16(27-4-3-26-15)8-14(11)28-20(23)12(18)9-22/h5-8,18H,3-4,23H2,1-2H3. The third kappa shape index (κ3) is 2.88. The average molecular weight is 445 g/mol. The van der Waals surface area contributed by atoms with E-state index in [2.05, 4.69) is 22.0 Å². The first-order valence-corrected chi connectivity index (χ1v) is 9.29. The minimum Gasteiger partial charge on any atom is -0.493 e. The van der Waals surface area contributed by atoms with Crippen LogP contribution in [0.5, 0.6) is 28.7 Å². The number of benzene rings is 2. The Bertz CT molecular complexity index is 1030. The van der Waals surface area contributed by atoms with Gasteiger partial charge in [-0.15, -0.1) is 0 Å². The van der Waals surface area contributed by atoms with Gasteiger partial charge in [0.2, 0.25) is 5.88 Å². The summed E-state index contributed by atoms with van der Waals surface area (Å²) in [6.45, 7) is 0.926. The molecular weight excluding hydrogens is 428 g/mol. The van der Waals surface area contributed by atoms with Gasteiger partial charge in [0.15, 0.2) is 23.0 Å². The predicted octanol–water partition coefficient (Wildman–Crippen LogP) is 3.46. The van der Waals surface area contributed by atoms with Crippen LogP contribution in [-0.2, 0) is 0 Å². The second-order valence-electron chi connectivity index (χ2n) is 6.20. The monoisotopic (exact) mass is 444 g/mol. The van der Waals surface area contributed by atoms with Gasteiger partial charge in [-0.1, -0.05) is 0 Å². The lowest BCUT2D eigenvalue weighted by Gasteiger charge is -2.29. The van der Waals surface area contributed by atoms with E-state index in [-0.39, 0.29) is 5.88 Å². The van der Waals surface area contributed by atoms with Crippen molar-refractivity contribution in [2.24, 2.45) is 5.73 Å². The molecule has 8 heteroatoms. The zero-order valence-electron chi connectivity index (χ0n) is 15.2.